The van der Waals surface area contributed by atoms with Gasteiger partial charge in [0.25, 0.3) is 0 Å². The fraction of sp³-hybridized carbons (Fsp3) is 0. The number of hydrogen-bond donors (Lipinski definition) is 0. The Morgan fingerprint density at radius 1 is 1.00 bits per heavy atom. The van der Waals surface area contributed by atoms with E-state index in [9.17, 15) is 0 Å². The molecule has 0 aliphatic rings. The van der Waals surface area contributed by atoms with Crippen LogP contribution in [-0.2, 0) is 38.8 Å². The monoisotopic (exact) mass is 232 g/mol. The van der Waals surface area contributed by atoms with E-state index >= 15 is 0 Å². The summed E-state index contributed by atoms with van der Waals surface area (Å²) < 4.78 is 17.1. The Morgan fingerprint density at radius 3 is 1.00 bits per heavy atom. The first-order chi connectivity index (χ1) is 1.41. The first-order valence-electron chi connectivity index (χ1n) is 0.408. The molecule has 0 N–H and O–H groups in total. The van der Waals surface area contributed by atoms with Gasteiger partial charge in [-0.25, -0.2) is 0 Å². The van der Waals surface area contributed by atoms with Gasteiger partial charge < -0.3 is 11.0 Å². The molecule has 0 fully saturated rings. The second-order valence-corrected chi connectivity index (χ2v) is 0.559. The van der Waals surface area contributed by atoms with Gasteiger partial charge in [-0.05, 0) is 0 Å². The van der Waals surface area contributed by atoms with Crippen LogP contribution < -0.4 is 0 Å². The molecule has 0 amide bonds. The maximum atomic E-state index is 8.54. The number of rotatable bonds is 0. The average Bonchev–Trinajstić information content (AvgIpc) is 0.918. The Morgan fingerprint density at radius 2 is 1.00 bits per heavy atom. The van der Waals surface area contributed by atoms with Gasteiger partial charge in [-0.3, -0.25) is 0 Å². The Kier molecular flexibility index (Phi) is 171. The zero-order valence-corrected chi connectivity index (χ0v) is 7.05. The molecule has 0 aromatic rings. The Labute approximate surface area is 59.8 Å². The van der Waals surface area contributed by atoms with Gasteiger partial charge in [0, 0.05) is 0 Å². The maximum absolute atomic E-state index is 8.54. The molecule has 32 valence electrons. The zero-order chi connectivity index (χ0) is 2.71. The molecule has 0 aliphatic carbocycles. The molecule has 0 heterocycles. The minimum Gasteiger partial charge on any atom is 4.00 e. The summed E-state index contributed by atoms with van der Waals surface area (Å²) in [6, 6.07) is 0. The molecule has 0 spiro atoms. The van der Waals surface area contributed by atoms with Gasteiger partial charge in [0.15, 0.2) is 0 Å². The smallest absolute Gasteiger partial charge is 4.00 e. The van der Waals surface area contributed by atoms with Crippen molar-refractivity contribution in [3.8, 4) is 0 Å². The van der Waals surface area contributed by atoms with Crippen molar-refractivity contribution in [2.45, 2.75) is 0 Å². The van der Waals surface area contributed by atoms with E-state index in [0.717, 1.165) is 0 Å². The van der Waals surface area contributed by atoms with Crippen LogP contribution in [0.2, 0.25) is 0 Å². The molecule has 4 nitrogen and oxygen atoms in total. The fourth-order valence-corrected chi connectivity index (χ4v) is 0. The topological polar surface area (TPSA) is 91.1 Å². The third-order valence-corrected chi connectivity index (χ3v) is 0. The molecule has 0 bridgehead atoms. The van der Waals surface area contributed by atoms with Crippen LogP contribution in [0.5, 0.6) is 0 Å². The molecule has 0 radical (unpaired) electrons. The minimum absolute atomic E-state index is 0. The summed E-state index contributed by atoms with van der Waals surface area (Å²) in [6.45, 7) is 0. The molecular formula is O4SnTi. The van der Waals surface area contributed by atoms with Gasteiger partial charge >= 0.3 is 49.0 Å². The molecule has 0 aromatic carbocycles. The van der Waals surface area contributed by atoms with Crippen molar-refractivity contribution in [3.05, 3.63) is 0 Å². The van der Waals surface area contributed by atoms with Crippen molar-refractivity contribution in [1.82, 2.24) is 0 Å². The molecule has 0 atom stereocenters. The Balaban J connectivity index is -0.00000000667. The van der Waals surface area contributed by atoms with E-state index in [1.54, 1.807) is 0 Å². The zero-order valence-electron chi connectivity index (χ0n) is 2.63. The largest absolute Gasteiger partial charge is 4.00 e. The van der Waals surface area contributed by atoms with E-state index in [4.69, 9.17) is 6.15 Å². The van der Waals surface area contributed by atoms with Crippen LogP contribution in [0.3, 0.4) is 0 Å². The van der Waals surface area contributed by atoms with E-state index in [1.807, 2.05) is 0 Å². The van der Waals surface area contributed by atoms with Gasteiger partial charge in [0.2, 0.25) is 0 Å². The van der Waals surface area contributed by atoms with Crippen LogP contribution in [0.4, 0.5) is 0 Å². The van der Waals surface area contributed by atoms with Crippen molar-refractivity contribution in [1.29, 1.82) is 0 Å². The predicted molar refractivity (Wildman–Crippen MR) is 8.50 cm³/mol. The van der Waals surface area contributed by atoms with Crippen molar-refractivity contribution in [2.75, 3.05) is 0 Å². The first kappa shape index (κ1) is 27.8. The van der Waals surface area contributed by atoms with E-state index in [-0.39, 0.29) is 32.7 Å². The van der Waals surface area contributed by atoms with Gasteiger partial charge in [0.1, 0.15) is 0 Å². The van der Waals surface area contributed by atoms with E-state index in [2.05, 4.69) is 0 Å². The van der Waals surface area contributed by atoms with Crippen LogP contribution in [0, 0.1) is 0 Å². The summed E-state index contributed by atoms with van der Waals surface area (Å²) >= 11 is -2.27. The average molecular weight is 231 g/mol. The molecule has 6 heavy (non-hydrogen) atoms. The third-order valence-electron chi connectivity index (χ3n) is 0. The van der Waals surface area contributed by atoms with Gasteiger partial charge in [-0.1, -0.05) is 0 Å². The van der Waals surface area contributed by atoms with Crippen LogP contribution in [0.15, 0.2) is 0 Å². The van der Waals surface area contributed by atoms with Gasteiger partial charge in [0.05, 0.1) is 0 Å². The Bertz CT molecular complexity index is 28.5. The SMILES string of the molecule is [O-2].[O-2].[O]=[Sn]=[O].[Ti+4]. The molecule has 0 unspecified atom stereocenters. The molecular weight excluding hydrogens is 231 g/mol. The third kappa shape index (κ3) is 76.7. The molecule has 0 aliphatic heterocycles. The van der Waals surface area contributed by atoms with E-state index < -0.39 is 21.1 Å². The first-order valence-corrected chi connectivity index (χ1v) is 2.74. The summed E-state index contributed by atoms with van der Waals surface area (Å²) in [6.07, 6.45) is 0. The minimum atomic E-state index is -2.27. The molecule has 0 saturated heterocycles. The van der Waals surface area contributed by atoms with Crippen LogP contribution in [0.1, 0.15) is 0 Å². The van der Waals surface area contributed by atoms with Crippen molar-refractivity contribution in [3.63, 3.8) is 0 Å². The van der Waals surface area contributed by atoms with Crippen LogP contribution in [0.25, 0.3) is 0 Å². The van der Waals surface area contributed by atoms with Gasteiger partial charge in [-0.2, -0.15) is 0 Å². The molecule has 6 heteroatoms. The van der Waals surface area contributed by atoms with Crippen LogP contribution in [-0.4, -0.2) is 21.1 Å². The summed E-state index contributed by atoms with van der Waals surface area (Å²) in [7, 11) is 0. The molecule has 0 saturated carbocycles. The van der Waals surface area contributed by atoms with Crippen molar-refractivity contribution < 1.29 is 38.8 Å². The second-order valence-electron chi connectivity index (χ2n) is 0.0833. The maximum Gasteiger partial charge on any atom is 4.00 e. The van der Waals surface area contributed by atoms with E-state index in [1.165, 1.54) is 0 Å². The van der Waals surface area contributed by atoms with Crippen molar-refractivity contribution >= 4 is 21.1 Å². The van der Waals surface area contributed by atoms with Gasteiger partial charge in [-0.15, -0.1) is 0 Å². The molecule has 0 rings (SSSR count). The quantitative estimate of drug-likeness (QED) is 0.507. The summed E-state index contributed by atoms with van der Waals surface area (Å²) in [5, 5.41) is 0. The van der Waals surface area contributed by atoms with Crippen LogP contribution >= 0.6 is 0 Å². The summed E-state index contributed by atoms with van der Waals surface area (Å²) in [5.74, 6) is 0. The fourth-order valence-electron chi connectivity index (χ4n) is 0. The number of hydrogen-bond acceptors (Lipinski definition) is 2. The molecule has 0 aromatic heterocycles. The standard InChI is InChI=1S/4O.Sn.Ti/q;;2*-2;;+4. The predicted octanol–water partition coefficient (Wildman–Crippen LogP) is -0.859. The second kappa shape index (κ2) is 37.0. The summed E-state index contributed by atoms with van der Waals surface area (Å²) in [4.78, 5) is 0. The Hall–Kier alpha value is 1.03. The van der Waals surface area contributed by atoms with Crippen molar-refractivity contribution in [2.24, 2.45) is 0 Å². The van der Waals surface area contributed by atoms with E-state index in [0.29, 0.717) is 0 Å². The normalized spacial score (nSPS) is 1.33. The summed E-state index contributed by atoms with van der Waals surface area (Å²) in [5.41, 5.74) is 0.